The fourth-order valence-corrected chi connectivity index (χ4v) is 3.92. The minimum atomic E-state index is -0.398. The molecule has 2 atom stereocenters. The van der Waals surface area contributed by atoms with Crippen LogP contribution in [0.25, 0.3) is 0 Å². The van der Waals surface area contributed by atoms with E-state index >= 15 is 0 Å². The molecule has 2 aliphatic carbocycles. The largest absolute Gasteiger partial charge is 0.386 e. The minimum Gasteiger partial charge on any atom is -0.386 e. The molecule has 3 heteroatoms. The van der Waals surface area contributed by atoms with Gasteiger partial charge in [0.15, 0.2) is 0 Å². The smallest absolute Gasteiger partial charge is 0.106 e. The molecule has 0 amide bonds. The molecule has 1 aromatic carbocycles. The number of aryl methyl sites for hydroxylation is 2. The van der Waals surface area contributed by atoms with Gasteiger partial charge in [0.25, 0.3) is 0 Å². The average molecular weight is 268 g/mol. The number of nitrogens with zero attached hydrogens (tertiary/aromatic N) is 2. The van der Waals surface area contributed by atoms with Gasteiger partial charge in [0.05, 0.1) is 11.7 Å². The van der Waals surface area contributed by atoms with Crippen LogP contribution < -0.4 is 0 Å². The fourth-order valence-electron chi connectivity index (χ4n) is 3.92. The second kappa shape index (κ2) is 4.45. The minimum absolute atomic E-state index is 0.127. The number of benzene rings is 1. The summed E-state index contributed by atoms with van der Waals surface area (Å²) in [4.78, 5) is 4.74. The van der Waals surface area contributed by atoms with Crippen molar-refractivity contribution in [1.82, 2.24) is 9.55 Å². The Morgan fingerprint density at radius 3 is 2.85 bits per heavy atom. The van der Waals surface area contributed by atoms with Crippen molar-refractivity contribution in [3.05, 3.63) is 52.6 Å². The zero-order valence-electron chi connectivity index (χ0n) is 11.8. The van der Waals surface area contributed by atoms with Crippen molar-refractivity contribution >= 4 is 0 Å². The molecular formula is C17H20N2O. The maximum Gasteiger partial charge on any atom is 0.106 e. The van der Waals surface area contributed by atoms with Crippen molar-refractivity contribution in [2.24, 2.45) is 0 Å². The van der Waals surface area contributed by atoms with Crippen LogP contribution in [-0.4, -0.2) is 14.7 Å². The van der Waals surface area contributed by atoms with Gasteiger partial charge in [-0.3, -0.25) is 0 Å². The monoisotopic (exact) mass is 268 g/mol. The first-order valence-corrected chi connectivity index (χ1v) is 7.58. The van der Waals surface area contributed by atoms with Gasteiger partial charge in [0, 0.05) is 5.69 Å². The van der Waals surface area contributed by atoms with Crippen LogP contribution in [0.1, 0.15) is 53.3 Å². The van der Waals surface area contributed by atoms with Gasteiger partial charge in [-0.15, -0.1) is 0 Å². The molecule has 0 spiro atoms. The predicted octanol–water partition coefficient (Wildman–Crippen LogP) is 2.90. The number of aliphatic hydroxyl groups is 1. The Bertz CT molecular complexity index is 659. The highest BCUT2D eigenvalue weighted by molar-refractivity contribution is 5.36. The van der Waals surface area contributed by atoms with Gasteiger partial charge >= 0.3 is 0 Å². The van der Waals surface area contributed by atoms with Gasteiger partial charge in [-0.2, -0.15) is 0 Å². The van der Waals surface area contributed by atoms with Gasteiger partial charge in [-0.1, -0.05) is 24.3 Å². The first kappa shape index (κ1) is 12.2. The predicted molar refractivity (Wildman–Crippen MR) is 77.7 cm³/mol. The van der Waals surface area contributed by atoms with Crippen LogP contribution in [0.5, 0.6) is 0 Å². The summed E-state index contributed by atoms with van der Waals surface area (Å²) in [5.74, 6) is 1.06. The van der Waals surface area contributed by atoms with E-state index in [-0.39, 0.29) is 6.04 Å². The standard InChI is InChI=1S/C17H20N2O/c1-11-18-14-8-4-5-9-15(14)19(11)16-10-12-6-2-3-7-13(12)17(16)20/h2-3,6-7,16-17,20H,4-5,8-10H2,1H3. The van der Waals surface area contributed by atoms with Crippen molar-refractivity contribution in [1.29, 1.82) is 0 Å². The number of hydrogen-bond acceptors (Lipinski definition) is 2. The maximum absolute atomic E-state index is 10.7. The number of fused-ring (bicyclic) bond motifs is 2. The van der Waals surface area contributed by atoms with E-state index in [0.717, 1.165) is 30.7 Å². The Kier molecular flexibility index (Phi) is 2.71. The first-order valence-electron chi connectivity index (χ1n) is 7.58. The number of aliphatic hydroxyl groups excluding tert-OH is 1. The van der Waals surface area contributed by atoms with E-state index in [2.05, 4.69) is 29.7 Å². The van der Waals surface area contributed by atoms with E-state index in [1.807, 2.05) is 6.07 Å². The summed E-state index contributed by atoms with van der Waals surface area (Å²) < 4.78 is 2.32. The number of imidazole rings is 1. The Labute approximate surface area is 119 Å². The Morgan fingerprint density at radius 2 is 2.00 bits per heavy atom. The van der Waals surface area contributed by atoms with Crippen molar-refractivity contribution in [3.63, 3.8) is 0 Å². The maximum atomic E-state index is 10.7. The lowest BCUT2D eigenvalue weighted by atomic mass is 10.00. The van der Waals surface area contributed by atoms with E-state index in [9.17, 15) is 5.11 Å². The SMILES string of the molecule is Cc1nc2c(n1C1Cc3ccccc3C1O)CCCC2. The second-order valence-electron chi connectivity index (χ2n) is 6.04. The van der Waals surface area contributed by atoms with Crippen LogP contribution in [0, 0.1) is 6.92 Å². The molecule has 0 saturated heterocycles. The summed E-state index contributed by atoms with van der Waals surface area (Å²) in [6.07, 6.45) is 5.21. The molecule has 3 nitrogen and oxygen atoms in total. The molecule has 0 aliphatic heterocycles. The van der Waals surface area contributed by atoms with Gasteiger partial charge in [-0.25, -0.2) is 4.98 Å². The first-order chi connectivity index (χ1) is 9.75. The summed E-state index contributed by atoms with van der Waals surface area (Å²) in [6, 6.07) is 8.39. The molecule has 1 heterocycles. The zero-order chi connectivity index (χ0) is 13.7. The molecule has 2 unspecified atom stereocenters. The van der Waals surface area contributed by atoms with E-state index in [0.29, 0.717) is 0 Å². The average Bonchev–Trinajstić information content (AvgIpc) is 2.96. The molecule has 4 rings (SSSR count). The summed E-state index contributed by atoms with van der Waals surface area (Å²) in [5, 5.41) is 10.7. The molecule has 1 N–H and O–H groups in total. The highest BCUT2D eigenvalue weighted by atomic mass is 16.3. The summed E-state index contributed by atoms with van der Waals surface area (Å²) >= 11 is 0. The zero-order valence-corrected chi connectivity index (χ0v) is 11.8. The molecule has 0 fully saturated rings. The fraction of sp³-hybridized carbons (Fsp3) is 0.471. The van der Waals surface area contributed by atoms with Gasteiger partial charge in [-0.05, 0) is 50.2 Å². The van der Waals surface area contributed by atoms with Crippen molar-refractivity contribution in [2.45, 2.75) is 51.2 Å². The summed E-state index contributed by atoms with van der Waals surface area (Å²) in [6.45, 7) is 2.08. The van der Waals surface area contributed by atoms with E-state index in [1.165, 1.54) is 29.8 Å². The van der Waals surface area contributed by atoms with E-state index in [1.54, 1.807) is 0 Å². The Hall–Kier alpha value is -1.61. The lowest BCUT2D eigenvalue weighted by Gasteiger charge is -2.23. The number of aromatic nitrogens is 2. The molecule has 2 aliphatic rings. The topological polar surface area (TPSA) is 38.0 Å². The van der Waals surface area contributed by atoms with Crippen molar-refractivity contribution in [2.75, 3.05) is 0 Å². The summed E-state index contributed by atoms with van der Waals surface area (Å²) in [5.41, 5.74) is 5.00. The molecule has 2 aromatic rings. The van der Waals surface area contributed by atoms with Crippen LogP contribution >= 0.6 is 0 Å². The molecule has 0 saturated carbocycles. The van der Waals surface area contributed by atoms with Crippen LogP contribution in [0.2, 0.25) is 0 Å². The van der Waals surface area contributed by atoms with Gasteiger partial charge in [0.2, 0.25) is 0 Å². The highest BCUT2D eigenvalue weighted by Crippen LogP contribution is 2.41. The van der Waals surface area contributed by atoms with Crippen LogP contribution in [0.15, 0.2) is 24.3 Å². The second-order valence-corrected chi connectivity index (χ2v) is 6.04. The van der Waals surface area contributed by atoms with Gasteiger partial charge < -0.3 is 9.67 Å². The summed E-state index contributed by atoms with van der Waals surface area (Å²) in [7, 11) is 0. The third-order valence-electron chi connectivity index (χ3n) is 4.85. The molecule has 104 valence electrons. The molecule has 0 bridgehead atoms. The number of rotatable bonds is 1. The third-order valence-corrected chi connectivity index (χ3v) is 4.85. The van der Waals surface area contributed by atoms with Gasteiger partial charge in [0.1, 0.15) is 11.9 Å². The molecule has 0 radical (unpaired) electrons. The quantitative estimate of drug-likeness (QED) is 0.863. The van der Waals surface area contributed by atoms with Crippen LogP contribution in [0.4, 0.5) is 0 Å². The Balaban J connectivity index is 1.78. The van der Waals surface area contributed by atoms with Crippen molar-refractivity contribution < 1.29 is 5.11 Å². The molecular weight excluding hydrogens is 248 g/mol. The van der Waals surface area contributed by atoms with Crippen LogP contribution in [0.3, 0.4) is 0 Å². The van der Waals surface area contributed by atoms with Crippen molar-refractivity contribution in [3.8, 4) is 0 Å². The molecule has 1 aromatic heterocycles. The lowest BCUT2D eigenvalue weighted by molar-refractivity contribution is 0.124. The number of hydrogen-bond donors (Lipinski definition) is 1. The normalized spacial score (nSPS) is 24.5. The van der Waals surface area contributed by atoms with E-state index < -0.39 is 6.10 Å². The third kappa shape index (κ3) is 1.66. The van der Waals surface area contributed by atoms with E-state index in [4.69, 9.17) is 4.98 Å². The van der Waals surface area contributed by atoms with Crippen LogP contribution in [-0.2, 0) is 19.3 Å². The molecule has 20 heavy (non-hydrogen) atoms. The Morgan fingerprint density at radius 1 is 1.20 bits per heavy atom. The highest BCUT2D eigenvalue weighted by Gasteiger charge is 2.35. The lowest BCUT2D eigenvalue weighted by Crippen LogP contribution is -2.19.